The van der Waals surface area contributed by atoms with Gasteiger partial charge in [0.15, 0.2) is 0 Å². The van der Waals surface area contributed by atoms with Gasteiger partial charge >= 0.3 is 6.18 Å². The van der Waals surface area contributed by atoms with Gasteiger partial charge in [0.05, 0.1) is 28.5 Å². The van der Waals surface area contributed by atoms with Crippen LogP contribution in [0, 0.1) is 13.8 Å². The first-order valence-electron chi connectivity index (χ1n) is 12.1. The van der Waals surface area contributed by atoms with E-state index in [-0.39, 0.29) is 16.9 Å². The number of hydrogen-bond donors (Lipinski definition) is 1. The third-order valence-electron chi connectivity index (χ3n) is 7.17. The summed E-state index contributed by atoms with van der Waals surface area (Å²) in [7, 11) is -2.96. The van der Waals surface area contributed by atoms with Crippen molar-refractivity contribution < 1.29 is 31.1 Å². The minimum absolute atomic E-state index is 0.103. The number of nitrogens with zero attached hydrogens (tertiary/aromatic N) is 1. The number of sulfonamides is 1. The van der Waals surface area contributed by atoms with Gasteiger partial charge < -0.3 is 4.74 Å². The molecule has 1 saturated carbocycles. The van der Waals surface area contributed by atoms with Crippen molar-refractivity contribution >= 4 is 26.8 Å². The summed E-state index contributed by atoms with van der Waals surface area (Å²) in [5, 5.41) is 0.343. The summed E-state index contributed by atoms with van der Waals surface area (Å²) in [6, 6.07) is 17.8. The Morgan fingerprint density at radius 1 is 1.03 bits per heavy atom. The van der Waals surface area contributed by atoms with Crippen molar-refractivity contribution in [2.75, 3.05) is 7.11 Å². The molecule has 5 rings (SSSR count). The number of carbonyl (C=O) groups is 1. The van der Waals surface area contributed by atoms with Gasteiger partial charge in [-0.15, -0.1) is 0 Å². The number of carbonyl (C=O) groups excluding carboxylic acids is 1. The van der Waals surface area contributed by atoms with Crippen molar-refractivity contribution in [1.82, 2.24) is 9.71 Å². The zero-order valence-corrected chi connectivity index (χ0v) is 22.2. The Balaban J connectivity index is 1.60. The molecule has 0 saturated heterocycles. The minimum Gasteiger partial charge on any atom is -0.496 e. The fraction of sp³-hybridized carbons (Fsp3) is 0.241. The number of ether oxygens (including phenoxy) is 1. The van der Waals surface area contributed by atoms with Crippen molar-refractivity contribution in [1.29, 1.82) is 0 Å². The van der Waals surface area contributed by atoms with Crippen molar-refractivity contribution in [3.05, 3.63) is 101 Å². The zero-order chi connectivity index (χ0) is 28.2. The fourth-order valence-corrected chi connectivity index (χ4v) is 6.43. The van der Waals surface area contributed by atoms with Crippen LogP contribution in [0.3, 0.4) is 0 Å². The van der Waals surface area contributed by atoms with Crippen LogP contribution < -0.4 is 9.46 Å². The highest BCUT2D eigenvalue weighted by molar-refractivity contribution is 7.90. The van der Waals surface area contributed by atoms with Crippen LogP contribution in [-0.2, 0) is 26.4 Å². The van der Waals surface area contributed by atoms with E-state index in [0.29, 0.717) is 27.9 Å². The average molecular weight is 555 g/mol. The first-order valence-corrected chi connectivity index (χ1v) is 13.6. The van der Waals surface area contributed by atoms with Crippen molar-refractivity contribution in [3.63, 3.8) is 0 Å². The van der Waals surface area contributed by atoms with Crippen LogP contribution in [0.5, 0.6) is 5.75 Å². The topological polar surface area (TPSA) is 85.4 Å². The molecule has 0 spiro atoms. The molecule has 3 aromatic carbocycles. The third kappa shape index (κ3) is 4.73. The van der Waals surface area contributed by atoms with Gasteiger partial charge in [0.2, 0.25) is 5.91 Å². The number of rotatable bonds is 6. The van der Waals surface area contributed by atoms with Gasteiger partial charge in [-0.25, -0.2) is 13.1 Å². The molecule has 1 amide bonds. The number of methoxy groups -OCH3 is 1. The van der Waals surface area contributed by atoms with E-state index >= 15 is 0 Å². The van der Waals surface area contributed by atoms with E-state index in [0.717, 1.165) is 17.7 Å². The second kappa shape index (κ2) is 9.37. The fourth-order valence-electron chi connectivity index (χ4n) is 5.17. The lowest BCUT2D eigenvalue weighted by molar-refractivity contribution is -0.137. The molecule has 0 bridgehead atoms. The van der Waals surface area contributed by atoms with Crippen LogP contribution in [-0.4, -0.2) is 26.4 Å². The summed E-state index contributed by atoms with van der Waals surface area (Å²) in [5.41, 5.74) is 0.325. The quantitative estimate of drug-likeness (QED) is 0.325. The molecule has 1 heterocycles. The van der Waals surface area contributed by atoms with E-state index in [1.165, 1.54) is 31.4 Å². The molecular formula is C29H25F3N2O4S. The SMILES string of the molecule is COc1ccc(C)cc1C1(C(=O)NS(=O)(=O)c2cccc3nc(C)ccc23)CC1c1cccc(C(F)(F)F)c1. The molecule has 1 aliphatic carbocycles. The maximum absolute atomic E-state index is 14.0. The molecule has 0 radical (unpaired) electrons. The Hall–Kier alpha value is -3.92. The number of fused-ring (bicyclic) bond motifs is 1. The lowest BCUT2D eigenvalue weighted by Gasteiger charge is -2.22. The summed E-state index contributed by atoms with van der Waals surface area (Å²) >= 11 is 0. The molecule has 0 aliphatic heterocycles. The monoisotopic (exact) mass is 554 g/mol. The van der Waals surface area contributed by atoms with E-state index in [4.69, 9.17) is 4.74 Å². The Morgan fingerprint density at radius 3 is 2.49 bits per heavy atom. The lowest BCUT2D eigenvalue weighted by atomic mass is 9.88. The highest BCUT2D eigenvalue weighted by Crippen LogP contribution is 2.63. The standard InChI is InChI=1S/C29H25F3N2O4S/c1-17-10-13-25(38-3)22(14-17)28(16-23(28)19-6-4-7-20(15-19)29(30,31)32)27(35)34-39(36,37)26-9-5-8-24-21(26)12-11-18(2)33-24/h4-15,23H,16H2,1-3H3,(H,34,35). The molecular weight excluding hydrogens is 529 g/mol. The van der Waals surface area contributed by atoms with Gasteiger partial charge in [-0.1, -0.05) is 42.0 Å². The Labute approximate surface area is 223 Å². The first-order chi connectivity index (χ1) is 18.4. The van der Waals surface area contributed by atoms with Gasteiger partial charge in [-0.05, 0) is 62.2 Å². The number of halogens is 3. The maximum atomic E-state index is 14.0. The molecule has 1 fully saturated rings. The summed E-state index contributed by atoms with van der Waals surface area (Å²) < 4.78 is 75.3. The average Bonchev–Trinajstić information content (AvgIpc) is 3.64. The minimum atomic E-state index is -4.57. The number of aryl methyl sites for hydroxylation is 2. The second-order valence-corrected chi connectivity index (χ2v) is 11.4. The highest BCUT2D eigenvalue weighted by Gasteiger charge is 2.63. The van der Waals surface area contributed by atoms with Gasteiger partial charge in [-0.3, -0.25) is 9.78 Å². The normalized spacial score (nSPS) is 19.1. The molecule has 39 heavy (non-hydrogen) atoms. The number of aromatic nitrogens is 1. The zero-order valence-electron chi connectivity index (χ0n) is 21.3. The van der Waals surface area contributed by atoms with Crippen LogP contribution in [0.4, 0.5) is 13.2 Å². The number of nitrogens with one attached hydrogen (secondary N) is 1. The number of pyridine rings is 1. The van der Waals surface area contributed by atoms with E-state index in [1.807, 2.05) is 0 Å². The van der Waals surface area contributed by atoms with Crippen molar-refractivity contribution in [2.45, 2.75) is 42.7 Å². The van der Waals surface area contributed by atoms with Crippen LogP contribution in [0.2, 0.25) is 0 Å². The van der Waals surface area contributed by atoms with Gasteiger partial charge in [0.1, 0.15) is 5.75 Å². The largest absolute Gasteiger partial charge is 0.496 e. The van der Waals surface area contributed by atoms with E-state index in [1.54, 1.807) is 50.2 Å². The van der Waals surface area contributed by atoms with Gasteiger partial charge in [-0.2, -0.15) is 13.2 Å². The van der Waals surface area contributed by atoms with Crippen LogP contribution in [0.15, 0.2) is 77.7 Å². The number of benzene rings is 3. The predicted octanol–water partition coefficient (Wildman–Crippen LogP) is 5.81. The number of amides is 1. The Kier molecular flexibility index (Phi) is 6.41. The lowest BCUT2D eigenvalue weighted by Crippen LogP contribution is -2.40. The smallest absolute Gasteiger partial charge is 0.416 e. The summed E-state index contributed by atoms with van der Waals surface area (Å²) in [4.78, 5) is 18.2. The van der Waals surface area contributed by atoms with Crippen LogP contribution in [0.1, 0.15) is 40.3 Å². The van der Waals surface area contributed by atoms with Crippen molar-refractivity contribution in [3.8, 4) is 5.75 Å². The molecule has 202 valence electrons. The van der Waals surface area contributed by atoms with Gasteiger partial charge in [0.25, 0.3) is 10.0 Å². The van der Waals surface area contributed by atoms with E-state index in [2.05, 4.69) is 9.71 Å². The molecule has 1 aliphatic rings. The second-order valence-electron chi connectivity index (χ2n) is 9.77. The highest BCUT2D eigenvalue weighted by atomic mass is 32.2. The molecule has 2 atom stereocenters. The van der Waals surface area contributed by atoms with Crippen molar-refractivity contribution in [2.24, 2.45) is 0 Å². The Morgan fingerprint density at radius 2 is 1.77 bits per heavy atom. The maximum Gasteiger partial charge on any atom is 0.416 e. The number of alkyl halides is 3. The van der Waals surface area contributed by atoms with E-state index in [9.17, 15) is 26.4 Å². The molecule has 4 aromatic rings. The third-order valence-corrected chi connectivity index (χ3v) is 8.55. The molecule has 2 unspecified atom stereocenters. The number of hydrogen-bond acceptors (Lipinski definition) is 5. The van der Waals surface area contributed by atoms with Crippen LogP contribution >= 0.6 is 0 Å². The molecule has 10 heteroatoms. The van der Waals surface area contributed by atoms with E-state index < -0.39 is 39.0 Å². The summed E-state index contributed by atoms with van der Waals surface area (Å²) in [6.07, 6.45) is -4.47. The Bertz CT molecular complexity index is 1720. The van der Waals surface area contributed by atoms with Crippen LogP contribution in [0.25, 0.3) is 10.9 Å². The first kappa shape index (κ1) is 26.7. The summed E-state index contributed by atoms with van der Waals surface area (Å²) in [5.74, 6) is -1.21. The molecule has 6 nitrogen and oxygen atoms in total. The predicted molar refractivity (Wildman–Crippen MR) is 140 cm³/mol. The molecule has 1 N–H and O–H groups in total. The molecule has 1 aromatic heterocycles. The van der Waals surface area contributed by atoms with Gasteiger partial charge in [0, 0.05) is 22.6 Å². The summed E-state index contributed by atoms with van der Waals surface area (Å²) in [6.45, 7) is 3.58.